The van der Waals surface area contributed by atoms with Crippen molar-refractivity contribution in [3.8, 4) is 0 Å². The molecule has 53 heavy (non-hydrogen) atoms. The summed E-state index contributed by atoms with van der Waals surface area (Å²) in [6.07, 6.45) is 51.5. The summed E-state index contributed by atoms with van der Waals surface area (Å²) < 4.78 is 16.5. The highest BCUT2D eigenvalue weighted by molar-refractivity contribution is 5.71. The second-order valence-electron chi connectivity index (χ2n) is 13.5. The molecule has 6 nitrogen and oxygen atoms in total. The summed E-state index contributed by atoms with van der Waals surface area (Å²) >= 11 is 0. The van der Waals surface area contributed by atoms with Gasteiger partial charge in [-0.3, -0.25) is 14.4 Å². The van der Waals surface area contributed by atoms with E-state index in [0.29, 0.717) is 12.8 Å². The lowest BCUT2D eigenvalue weighted by atomic mass is 10.1. The van der Waals surface area contributed by atoms with E-state index in [4.69, 9.17) is 14.2 Å². The first kappa shape index (κ1) is 49.6. The fraction of sp³-hybridized carbons (Fsp3) is 0.638. The Bertz CT molecular complexity index is 1080. The van der Waals surface area contributed by atoms with Gasteiger partial charge in [-0.1, -0.05) is 164 Å². The Kier molecular flexibility index (Phi) is 38.7. The zero-order valence-corrected chi connectivity index (χ0v) is 34.0. The van der Waals surface area contributed by atoms with E-state index in [-0.39, 0.29) is 44.0 Å². The average molecular weight is 737 g/mol. The molecule has 0 aromatic rings. The summed E-state index contributed by atoms with van der Waals surface area (Å²) in [7, 11) is 0. The van der Waals surface area contributed by atoms with Crippen LogP contribution in [-0.2, 0) is 28.6 Å². The van der Waals surface area contributed by atoms with Crippen molar-refractivity contribution in [2.45, 2.75) is 181 Å². The molecule has 0 aromatic carbocycles. The highest BCUT2D eigenvalue weighted by atomic mass is 16.6. The van der Waals surface area contributed by atoms with Crippen molar-refractivity contribution < 1.29 is 28.6 Å². The van der Waals surface area contributed by atoms with Crippen molar-refractivity contribution in [1.82, 2.24) is 0 Å². The Morgan fingerprint density at radius 2 is 0.774 bits per heavy atom. The maximum Gasteiger partial charge on any atom is 0.306 e. The lowest BCUT2D eigenvalue weighted by molar-refractivity contribution is -0.166. The van der Waals surface area contributed by atoms with Gasteiger partial charge < -0.3 is 14.2 Å². The number of allylic oxidation sites excluding steroid dienone is 14. The third kappa shape index (κ3) is 39.6. The van der Waals surface area contributed by atoms with E-state index >= 15 is 0 Å². The zero-order chi connectivity index (χ0) is 38.7. The third-order valence-corrected chi connectivity index (χ3v) is 8.41. The monoisotopic (exact) mass is 737 g/mol. The van der Waals surface area contributed by atoms with Crippen molar-refractivity contribution >= 4 is 17.9 Å². The lowest BCUT2D eigenvalue weighted by Gasteiger charge is -2.18. The maximum atomic E-state index is 12.7. The molecule has 0 aliphatic rings. The first-order chi connectivity index (χ1) is 26.0. The molecule has 0 saturated carbocycles. The van der Waals surface area contributed by atoms with Crippen molar-refractivity contribution in [1.29, 1.82) is 0 Å². The Labute approximate surface area is 325 Å². The molecule has 300 valence electrons. The lowest BCUT2D eigenvalue weighted by Crippen LogP contribution is -2.30. The number of carbonyl (C=O) groups is 3. The quantitative estimate of drug-likeness (QED) is 0.0276. The maximum absolute atomic E-state index is 12.7. The highest BCUT2D eigenvalue weighted by Crippen LogP contribution is 2.12. The smallest absolute Gasteiger partial charge is 0.306 e. The van der Waals surface area contributed by atoms with Crippen LogP contribution in [0, 0.1) is 0 Å². The van der Waals surface area contributed by atoms with E-state index in [1.807, 2.05) is 12.2 Å². The highest BCUT2D eigenvalue weighted by Gasteiger charge is 2.19. The summed E-state index contributed by atoms with van der Waals surface area (Å²) in [5.74, 6) is -1.04. The van der Waals surface area contributed by atoms with Crippen LogP contribution in [0.1, 0.15) is 175 Å². The Morgan fingerprint density at radius 1 is 0.396 bits per heavy atom. The first-order valence-corrected chi connectivity index (χ1v) is 21.1. The van der Waals surface area contributed by atoms with E-state index in [1.54, 1.807) is 0 Å². The van der Waals surface area contributed by atoms with Crippen LogP contribution >= 0.6 is 0 Å². The van der Waals surface area contributed by atoms with Gasteiger partial charge in [0.1, 0.15) is 13.2 Å². The van der Waals surface area contributed by atoms with Gasteiger partial charge in [0, 0.05) is 19.3 Å². The third-order valence-electron chi connectivity index (χ3n) is 8.41. The molecular formula is C47H76O6. The molecule has 6 heteroatoms. The van der Waals surface area contributed by atoms with Crippen LogP contribution in [0.15, 0.2) is 85.1 Å². The number of rotatable bonds is 36. The summed E-state index contributed by atoms with van der Waals surface area (Å²) in [4.78, 5) is 37.5. The summed E-state index contributed by atoms with van der Waals surface area (Å²) in [5, 5.41) is 0. The van der Waals surface area contributed by atoms with E-state index in [0.717, 1.165) is 89.9 Å². The van der Waals surface area contributed by atoms with Crippen molar-refractivity contribution in [2.24, 2.45) is 0 Å². The van der Waals surface area contributed by atoms with Gasteiger partial charge in [-0.25, -0.2) is 0 Å². The van der Waals surface area contributed by atoms with Crippen LogP contribution in [-0.4, -0.2) is 37.2 Å². The fourth-order valence-corrected chi connectivity index (χ4v) is 5.29. The van der Waals surface area contributed by atoms with Gasteiger partial charge in [0.05, 0.1) is 0 Å². The summed E-state index contributed by atoms with van der Waals surface area (Å²) in [5.41, 5.74) is 0. The molecule has 0 heterocycles. The predicted molar refractivity (Wildman–Crippen MR) is 224 cm³/mol. The van der Waals surface area contributed by atoms with Crippen molar-refractivity contribution in [3.63, 3.8) is 0 Å². The molecule has 1 atom stereocenters. The topological polar surface area (TPSA) is 78.9 Å². The number of esters is 3. The van der Waals surface area contributed by atoms with Gasteiger partial charge in [0.2, 0.25) is 0 Å². The minimum Gasteiger partial charge on any atom is -0.462 e. The van der Waals surface area contributed by atoms with Gasteiger partial charge in [0.15, 0.2) is 6.10 Å². The minimum absolute atomic E-state index is 0.111. The minimum atomic E-state index is -0.815. The van der Waals surface area contributed by atoms with E-state index < -0.39 is 6.10 Å². The van der Waals surface area contributed by atoms with Crippen molar-refractivity contribution in [2.75, 3.05) is 13.2 Å². The Hall–Kier alpha value is -3.41. The van der Waals surface area contributed by atoms with Gasteiger partial charge in [-0.2, -0.15) is 0 Å². The van der Waals surface area contributed by atoms with Crippen LogP contribution in [0.4, 0.5) is 0 Å². The molecule has 0 rings (SSSR count). The van der Waals surface area contributed by atoms with Gasteiger partial charge in [0.25, 0.3) is 0 Å². The molecule has 0 aliphatic heterocycles. The van der Waals surface area contributed by atoms with Gasteiger partial charge in [-0.05, 0) is 77.0 Å². The number of hydrogen-bond donors (Lipinski definition) is 0. The molecule has 0 fully saturated rings. The number of carbonyl (C=O) groups excluding carboxylic acids is 3. The SMILES string of the molecule is CC/C=C\C/C=C\C/C=C\C/C=C\CCC(=O)OCC(COC(=O)CCCCCCCCCCC)OC(=O)CCCCC/C=C\C/C=C\C/C=C\CC. The van der Waals surface area contributed by atoms with Crippen molar-refractivity contribution in [3.05, 3.63) is 85.1 Å². The number of ether oxygens (including phenoxy) is 3. The summed E-state index contributed by atoms with van der Waals surface area (Å²) in [6.45, 7) is 6.26. The zero-order valence-electron chi connectivity index (χ0n) is 34.0. The van der Waals surface area contributed by atoms with E-state index in [9.17, 15) is 14.4 Å². The standard InChI is InChI=1S/C47H76O6/c1-4-7-10-13-16-19-21-23-25-28-31-34-37-40-46(49)52-43-44(42-51-45(48)39-36-33-30-27-18-15-12-9-6-3)53-47(50)41-38-35-32-29-26-24-22-20-17-14-11-8-5-2/h7-8,10-11,16-17,19-20,23-26,31,34,44H,4-6,9,12-15,18,21-22,27-30,32-33,35-43H2,1-3H3/b10-7-,11-8-,19-16-,20-17-,25-23-,26-24-,34-31-. The van der Waals surface area contributed by atoms with E-state index in [1.165, 1.54) is 38.5 Å². The fourth-order valence-electron chi connectivity index (χ4n) is 5.29. The first-order valence-electron chi connectivity index (χ1n) is 21.1. The van der Waals surface area contributed by atoms with Crippen LogP contribution in [0.5, 0.6) is 0 Å². The second kappa shape index (κ2) is 41.3. The Balaban J connectivity index is 4.55. The molecule has 0 aromatic heterocycles. The number of unbranched alkanes of at least 4 members (excludes halogenated alkanes) is 11. The number of hydrogen-bond acceptors (Lipinski definition) is 6. The largest absolute Gasteiger partial charge is 0.462 e. The van der Waals surface area contributed by atoms with Gasteiger partial charge >= 0.3 is 17.9 Å². The normalized spacial score (nSPS) is 12.9. The predicted octanol–water partition coefficient (Wildman–Crippen LogP) is 13.3. The van der Waals surface area contributed by atoms with Gasteiger partial charge in [-0.15, -0.1) is 0 Å². The van der Waals surface area contributed by atoms with Crippen LogP contribution in [0.25, 0.3) is 0 Å². The molecule has 0 saturated heterocycles. The van der Waals surface area contributed by atoms with E-state index in [2.05, 4.69) is 93.7 Å². The molecule has 0 amide bonds. The molecule has 0 bridgehead atoms. The molecule has 0 aliphatic carbocycles. The molecule has 0 radical (unpaired) electrons. The summed E-state index contributed by atoms with van der Waals surface area (Å²) in [6, 6.07) is 0. The van der Waals surface area contributed by atoms with Crippen LogP contribution < -0.4 is 0 Å². The second-order valence-corrected chi connectivity index (χ2v) is 13.5. The molecule has 1 unspecified atom stereocenters. The Morgan fingerprint density at radius 3 is 1.26 bits per heavy atom. The molecular weight excluding hydrogens is 661 g/mol. The average Bonchev–Trinajstić information content (AvgIpc) is 3.15. The molecule has 0 spiro atoms. The molecule has 0 N–H and O–H groups in total. The van der Waals surface area contributed by atoms with Crippen LogP contribution in [0.2, 0.25) is 0 Å². The van der Waals surface area contributed by atoms with Crippen LogP contribution in [0.3, 0.4) is 0 Å².